The number of aryl methyl sites for hydroxylation is 2. The molecule has 0 amide bonds. The van der Waals surface area contributed by atoms with Crippen LogP contribution in [0.25, 0.3) is 11.3 Å². The monoisotopic (exact) mass is 217 g/mol. The van der Waals surface area contributed by atoms with Crippen LogP contribution in [0.4, 0.5) is 0 Å². The first kappa shape index (κ1) is 10.4. The van der Waals surface area contributed by atoms with E-state index in [1.807, 2.05) is 19.1 Å². The third-order valence-corrected chi connectivity index (χ3v) is 2.22. The molecule has 1 N–H and O–H groups in total. The lowest BCUT2D eigenvalue weighted by Gasteiger charge is -1.99. The van der Waals surface area contributed by atoms with Crippen LogP contribution in [0.5, 0.6) is 0 Å². The Balaban J connectivity index is 2.59. The first-order valence-electron chi connectivity index (χ1n) is 4.78. The molecule has 0 bridgehead atoms. The smallest absolute Gasteiger partial charge is 0.357 e. The van der Waals surface area contributed by atoms with Crippen LogP contribution in [0.1, 0.15) is 16.1 Å². The van der Waals surface area contributed by atoms with Crippen LogP contribution in [0.15, 0.2) is 24.5 Å². The fraction of sp³-hybridized carbons (Fsp3) is 0.182. The molecule has 2 heterocycles. The third kappa shape index (κ3) is 1.79. The number of nitrogens with zero attached hydrogens (tertiary/aromatic N) is 3. The summed E-state index contributed by atoms with van der Waals surface area (Å²) in [6.07, 6.45) is 3.31. The number of aromatic carboxylic acids is 1. The van der Waals surface area contributed by atoms with Gasteiger partial charge in [0.2, 0.25) is 0 Å². The predicted octanol–water partition coefficient (Wildman–Crippen LogP) is 1.49. The van der Waals surface area contributed by atoms with Crippen LogP contribution in [-0.2, 0) is 7.05 Å². The average molecular weight is 217 g/mol. The highest BCUT2D eigenvalue weighted by Crippen LogP contribution is 2.21. The van der Waals surface area contributed by atoms with E-state index < -0.39 is 5.97 Å². The summed E-state index contributed by atoms with van der Waals surface area (Å²) in [6.45, 7) is 1.93. The zero-order valence-corrected chi connectivity index (χ0v) is 9.01. The highest BCUT2D eigenvalue weighted by Gasteiger charge is 2.17. The Morgan fingerprint density at radius 2 is 2.25 bits per heavy atom. The summed E-state index contributed by atoms with van der Waals surface area (Å²) in [4.78, 5) is 15.1. The van der Waals surface area contributed by atoms with Gasteiger partial charge in [-0.05, 0) is 24.6 Å². The van der Waals surface area contributed by atoms with Gasteiger partial charge in [-0.2, -0.15) is 5.10 Å². The van der Waals surface area contributed by atoms with Crippen LogP contribution in [0.3, 0.4) is 0 Å². The number of hydrogen-bond acceptors (Lipinski definition) is 3. The Hall–Kier alpha value is -2.17. The summed E-state index contributed by atoms with van der Waals surface area (Å²) < 4.78 is 1.48. The fourth-order valence-corrected chi connectivity index (χ4v) is 1.52. The molecule has 0 atom stereocenters. The van der Waals surface area contributed by atoms with Crippen molar-refractivity contribution < 1.29 is 9.90 Å². The van der Waals surface area contributed by atoms with Crippen molar-refractivity contribution in [2.75, 3.05) is 0 Å². The molecule has 16 heavy (non-hydrogen) atoms. The molecule has 2 aromatic rings. The zero-order chi connectivity index (χ0) is 11.7. The Bertz CT molecular complexity index is 546. The first-order chi connectivity index (χ1) is 7.58. The summed E-state index contributed by atoms with van der Waals surface area (Å²) in [5.74, 6) is -1.04. The second-order valence-electron chi connectivity index (χ2n) is 3.59. The molecule has 5 nitrogen and oxygen atoms in total. The lowest BCUT2D eigenvalue weighted by Crippen LogP contribution is -2.01. The molecule has 0 radical (unpaired) electrons. The molecule has 0 saturated heterocycles. The first-order valence-corrected chi connectivity index (χ1v) is 4.78. The summed E-state index contributed by atoms with van der Waals surface area (Å²) in [5, 5.41) is 12.9. The van der Waals surface area contributed by atoms with E-state index in [0.29, 0.717) is 11.3 Å². The quantitative estimate of drug-likeness (QED) is 0.827. The lowest BCUT2D eigenvalue weighted by atomic mass is 10.1. The van der Waals surface area contributed by atoms with Crippen molar-refractivity contribution in [1.29, 1.82) is 0 Å². The van der Waals surface area contributed by atoms with Gasteiger partial charge in [0, 0.05) is 19.4 Å². The lowest BCUT2D eigenvalue weighted by molar-refractivity contribution is 0.0690. The van der Waals surface area contributed by atoms with Gasteiger partial charge in [-0.1, -0.05) is 0 Å². The third-order valence-electron chi connectivity index (χ3n) is 2.22. The largest absolute Gasteiger partial charge is 0.476 e. The summed E-state index contributed by atoms with van der Waals surface area (Å²) in [5.41, 5.74) is 2.23. The van der Waals surface area contributed by atoms with Crippen LogP contribution >= 0.6 is 0 Å². The molecule has 0 unspecified atom stereocenters. The second kappa shape index (κ2) is 3.77. The van der Waals surface area contributed by atoms with Gasteiger partial charge in [0.1, 0.15) is 0 Å². The molecule has 0 aromatic carbocycles. The number of pyridine rings is 1. The Morgan fingerprint density at radius 1 is 1.50 bits per heavy atom. The van der Waals surface area contributed by atoms with E-state index in [2.05, 4.69) is 10.1 Å². The minimum Gasteiger partial charge on any atom is -0.476 e. The van der Waals surface area contributed by atoms with E-state index >= 15 is 0 Å². The SMILES string of the molecule is Cc1ccnc(-c2cn(C)nc2C(=O)O)c1. The number of rotatable bonds is 2. The van der Waals surface area contributed by atoms with Crippen LogP contribution in [-0.4, -0.2) is 25.8 Å². The van der Waals surface area contributed by atoms with Gasteiger partial charge in [-0.25, -0.2) is 4.79 Å². The van der Waals surface area contributed by atoms with E-state index in [4.69, 9.17) is 5.11 Å². The highest BCUT2D eigenvalue weighted by molar-refractivity contribution is 5.93. The van der Waals surface area contributed by atoms with E-state index in [9.17, 15) is 4.79 Å². The normalized spacial score (nSPS) is 10.4. The number of carboxylic acids is 1. The minimum absolute atomic E-state index is 0.0283. The molecule has 0 spiro atoms. The minimum atomic E-state index is -1.04. The number of carboxylic acid groups (broad SMARTS) is 1. The van der Waals surface area contributed by atoms with Crippen LogP contribution in [0.2, 0.25) is 0 Å². The summed E-state index contributed by atoms with van der Waals surface area (Å²) >= 11 is 0. The number of carbonyl (C=O) groups is 1. The molecule has 0 saturated carbocycles. The van der Waals surface area contributed by atoms with Crippen molar-refractivity contribution in [2.45, 2.75) is 6.92 Å². The molecule has 2 aromatic heterocycles. The van der Waals surface area contributed by atoms with Crippen LogP contribution < -0.4 is 0 Å². The van der Waals surface area contributed by atoms with Crippen molar-refractivity contribution in [3.05, 3.63) is 35.8 Å². The van der Waals surface area contributed by atoms with E-state index in [-0.39, 0.29) is 5.69 Å². The Kier molecular flexibility index (Phi) is 2.44. The van der Waals surface area contributed by atoms with E-state index in [1.54, 1.807) is 19.4 Å². The maximum Gasteiger partial charge on any atom is 0.357 e. The average Bonchev–Trinajstić information content (AvgIpc) is 2.60. The zero-order valence-electron chi connectivity index (χ0n) is 9.01. The van der Waals surface area contributed by atoms with Crippen molar-refractivity contribution in [2.24, 2.45) is 7.05 Å². The van der Waals surface area contributed by atoms with Gasteiger partial charge in [-0.3, -0.25) is 9.67 Å². The molecular formula is C11H11N3O2. The highest BCUT2D eigenvalue weighted by atomic mass is 16.4. The Morgan fingerprint density at radius 3 is 2.88 bits per heavy atom. The summed E-state index contributed by atoms with van der Waals surface area (Å²) in [7, 11) is 1.69. The van der Waals surface area contributed by atoms with Crippen molar-refractivity contribution in [3.63, 3.8) is 0 Å². The van der Waals surface area contributed by atoms with Gasteiger partial charge in [0.15, 0.2) is 5.69 Å². The fourth-order valence-electron chi connectivity index (χ4n) is 1.52. The molecule has 2 rings (SSSR count). The topological polar surface area (TPSA) is 68.0 Å². The standard InChI is InChI=1S/C11H11N3O2/c1-7-3-4-12-9(5-7)8-6-14(2)13-10(8)11(15)16/h3-6H,1-2H3,(H,15,16). The molecule has 0 aliphatic carbocycles. The predicted molar refractivity (Wildman–Crippen MR) is 58.1 cm³/mol. The van der Waals surface area contributed by atoms with E-state index in [1.165, 1.54) is 4.68 Å². The van der Waals surface area contributed by atoms with Gasteiger partial charge in [0.25, 0.3) is 0 Å². The molecule has 0 fully saturated rings. The maximum atomic E-state index is 11.0. The second-order valence-corrected chi connectivity index (χ2v) is 3.59. The summed E-state index contributed by atoms with van der Waals surface area (Å²) in [6, 6.07) is 3.70. The molecule has 0 aliphatic rings. The van der Waals surface area contributed by atoms with Crippen molar-refractivity contribution in [1.82, 2.24) is 14.8 Å². The molecular weight excluding hydrogens is 206 g/mol. The van der Waals surface area contributed by atoms with Crippen molar-refractivity contribution >= 4 is 5.97 Å². The van der Waals surface area contributed by atoms with Gasteiger partial charge >= 0.3 is 5.97 Å². The molecule has 0 aliphatic heterocycles. The van der Waals surface area contributed by atoms with Gasteiger partial charge in [-0.15, -0.1) is 0 Å². The Labute approximate surface area is 92.4 Å². The van der Waals surface area contributed by atoms with Gasteiger partial charge < -0.3 is 5.11 Å². The van der Waals surface area contributed by atoms with E-state index in [0.717, 1.165) is 5.56 Å². The number of hydrogen-bond donors (Lipinski definition) is 1. The molecule has 82 valence electrons. The molecule has 5 heteroatoms. The maximum absolute atomic E-state index is 11.0. The number of aromatic nitrogens is 3. The van der Waals surface area contributed by atoms with Gasteiger partial charge in [0.05, 0.1) is 11.3 Å². The van der Waals surface area contributed by atoms with Crippen molar-refractivity contribution in [3.8, 4) is 11.3 Å². The van der Waals surface area contributed by atoms with Crippen LogP contribution in [0, 0.1) is 6.92 Å².